The number of nitrogens with zero attached hydrogens (tertiary/aromatic N) is 1. The van der Waals surface area contributed by atoms with Gasteiger partial charge in [0.05, 0.1) is 0 Å². The van der Waals surface area contributed by atoms with Crippen molar-refractivity contribution in [2.45, 2.75) is 19.4 Å². The highest BCUT2D eigenvalue weighted by molar-refractivity contribution is 9.10. The molecular weight excluding hydrogens is 488 g/mol. The van der Waals surface area contributed by atoms with Gasteiger partial charge in [0.1, 0.15) is 24.0 Å². The Morgan fingerprint density at radius 1 is 1.09 bits per heavy atom. The zero-order chi connectivity index (χ0) is 22.8. The fraction of sp³-hybridized carbons (Fsp3) is 0.154. The zero-order valence-electron chi connectivity index (χ0n) is 17.4. The standard InChI is InChI=1S/C26H22BrClN2O2/c27-23-12-13-25(32-18-20-10-4-5-11-24(20)28)21(16-23)15-22(17-29)26(31)30-14-6-9-19-7-2-1-3-8-19/h1-5,7-8,10-13,15-16H,6,9,14,18H2,(H,30,31)/b22-15-. The Balaban J connectivity index is 1.66. The number of rotatable bonds is 9. The molecule has 1 N–H and O–H groups in total. The first-order chi connectivity index (χ1) is 15.6. The number of nitriles is 1. The van der Waals surface area contributed by atoms with E-state index in [2.05, 4.69) is 33.4 Å². The molecule has 3 aromatic carbocycles. The predicted octanol–water partition coefficient (Wildman–Crippen LogP) is 6.34. The van der Waals surface area contributed by atoms with Crippen molar-refractivity contribution in [1.82, 2.24) is 5.32 Å². The van der Waals surface area contributed by atoms with Gasteiger partial charge in [0.2, 0.25) is 0 Å². The quantitative estimate of drug-likeness (QED) is 0.208. The van der Waals surface area contributed by atoms with Crippen LogP contribution in [0, 0.1) is 11.3 Å². The topological polar surface area (TPSA) is 62.1 Å². The van der Waals surface area contributed by atoms with Crippen LogP contribution >= 0.6 is 27.5 Å². The van der Waals surface area contributed by atoms with Crippen molar-refractivity contribution in [3.63, 3.8) is 0 Å². The van der Waals surface area contributed by atoms with E-state index >= 15 is 0 Å². The number of halogens is 2. The number of benzene rings is 3. The summed E-state index contributed by atoms with van der Waals surface area (Å²) in [6.45, 7) is 0.761. The van der Waals surface area contributed by atoms with Crippen LogP contribution in [-0.2, 0) is 17.8 Å². The van der Waals surface area contributed by atoms with Gasteiger partial charge in [0.15, 0.2) is 0 Å². The molecule has 0 bridgehead atoms. The van der Waals surface area contributed by atoms with E-state index in [9.17, 15) is 10.1 Å². The van der Waals surface area contributed by atoms with Gasteiger partial charge in [0.25, 0.3) is 5.91 Å². The lowest BCUT2D eigenvalue weighted by Gasteiger charge is -2.11. The molecule has 3 rings (SSSR count). The molecule has 0 aliphatic carbocycles. The Morgan fingerprint density at radius 2 is 1.84 bits per heavy atom. The molecular formula is C26H22BrClN2O2. The van der Waals surface area contributed by atoms with Gasteiger partial charge in [-0.1, -0.05) is 76.1 Å². The van der Waals surface area contributed by atoms with Gasteiger partial charge in [-0.2, -0.15) is 5.26 Å². The first-order valence-electron chi connectivity index (χ1n) is 10.2. The highest BCUT2D eigenvalue weighted by Crippen LogP contribution is 2.27. The van der Waals surface area contributed by atoms with Crippen LogP contribution in [0.1, 0.15) is 23.1 Å². The molecule has 0 saturated heterocycles. The highest BCUT2D eigenvalue weighted by atomic mass is 79.9. The summed E-state index contributed by atoms with van der Waals surface area (Å²) in [5.74, 6) is 0.148. The van der Waals surface area contributed by atoms with Crippen LogP contribution in [0.5, 0.6) is 5.75 Å². The Kier molecular flexibility index (Phi) is 8.91. The molecule has 0 aromatic heterocycles. The molecule has 0 aliphatic heterocycles. The molecule has 6 heteroatoms. The number of nitrogens with one attached hydrogen (secondary N) is 1. The van der Waals surface area contributed by atoms with Crippen LogP contribution in [0.25, 0.3) is 6.08 Å². The van der Waals surface area contributed by atoms with Gasteiger partial charge >= 0.3 is 0 Å². The summed E-state index contributed by atoms with van der Waals surface area (Å²) in [6, 6.07) is 25.0. The summed E-state index contributed by atoms with van der Waals surface area (Å²) in [4.78, 5) is 12.5. The molecule has 0 fully saturated rings. The van der Waals surface area contributed by atoms with Gasteiger partial charge in [-0.3, -0.25) is 4.79 Å². The average Bonchev–Trinajstić information content (AvgIpc) is 2.81. The highest BCUT2D eigenvalue weighted by Gasteiger charge is 2.12. The van der Waals surface area contributed by atoms with Crippen LogP contribution < -0.4 is 10.1 Å². The summed E-state index contributed by atoms with van der Waals surface area (Å²) in [5, 5.41) is 13.0. The van der Waals surface area contributed by atoms with Crippen molar-refractivity contribution in [1.29, 1.82) is 5.26 Å². The van der Waals surface area contributed by atoms with Gasteiger partial charge in [-0.05, 0) is 48.7 Å². The van der Waals surface area contributed by atoms with Crippen LogP contribution in [0.2, 0.25) is 5.02 Å². The number of aryl methyl sites for hydroxylation is 1. The van der Waals surface area contributed by atoms with Crippen molar-refractivity contribution in [3.05, 3.63) is 105 Å². The summed E-state index contributed by atoms with van der Waals surface area (Å²) in [5.41, 5.74) is 2.71. The van der Waals surface area contributed by atoms with Crippen molar-refractivity contribution in [2.24, 2.45) is 0 Å². The average molecular weight is 510 g/mol. The van der Waals surface area contributed by atoms with Crippen molar-refractivity contribution in [2.75, 3.05) is 6.54 Å². The summed E-state index contributed by atoms with van der Waals surface area (Å²) >= 11 is 9.64. The summed E-state index contributed by atoms with van der Waals surface area (Å²) in [6.07, 6.45) is 3.19. The Morgan fingerprint density at radius 3 is 2.59 bits per heavy atom. The second-order valence-corrected chi connectivity index (χ2v) is 8.40. The van der Waals surface area contributed by atoms with Crippen molar-refractivity contribution >= 4 is 39.5 Å². The van der Waals surface area contributed by atoms with Crippen LogP contribution in [0.4, 0.5) is 0 Å². The lowest BCUT2D eigenvalue weighted by Crippen LogP contribution is -2.25. The SMILES string of the molecule is N#C/C(=C/c1cc(Br)ccc1OCc1ccccc1Cl)C(=O)NCCCc1ccccc1. The fourth-order valence-corrected chi connectivity index (χ4v) is 3.64. The third-order valence-electron chi connectivity index (χ3n) is 4.75. The Hall–Kier alpha value is -3.07. The number of hydrogen-bond donors (Lipinski definition) is 1. The molecule has 0 saturated carbocycles. The zero-order valence-corrected chi connectivity index (χ0v) is 19.7. The molecule has 0 unspecified atom stereocenters. The first kappa shape index (κ1) is 23.6. The van der Waals surface area contributed by atoms with E-state index in [1.54, 1.807) is 18.2 Å². The predicted molar refractivity (Wildman–Crippen MR) is 131 cm³/mol. The Labute approximate surface area is 201 Å². The number of carbonyl (C=O) groups excluding carboxylic acids is 1. The van der Waals surface area contributed by atoms with Gasteiger partial charge in [0, 0.05) is 27.2 Å². The lowest BCUT2D eigenvalue weighted by molar-refractivity contribution is -0.117. The molecule has 0 spiro atoms. The number of hydrogen-bond acceptors (Lipinski definition) is 3. The second-order valence-electron chi connectivity index (χ2n) is 7.08. The third kappa shape index (κ3) is 6.98. The minimum atomic E-state index is -0.405. The van der Waals surface area contributed by atoms with Crippen LogP contribution in [0.15, 0.2) is 82.8 Å². The number of amides is 1. The van der Waals surface area contributed by atoms with E-state index in [0.29, 0.717) is 22.9 Å². The smallest absolute Gasteiger partial charge is 0.261 e. The molecule has 1 amide bonds. The van der Waals surface area contributed by atoms with Gasteiger partial charge in [-0.15, -0.1) is 0 Å². The molecule has 0 atom stereocenters. The van der Waals surface area contributed by atoms with Crippen molar-refractivity contribution in [3.8, 4) is 11.8 Å². The van der Waals surface area contributed by atoms with E-state index in [-0.39, 0.29) is 12.2 Å². The molecule has 32 heavy (non-hydrogen) atoms. The van der Waals surface area contributed by atoms with Crippen LogP contribution in [0.3, 0.4) is 0 Å². The maximum atomic E-state index is 12.5. The minimum absolute atomic E-state index is 0.0189. The molecule has 4 nitrogen and oxygen atoms in total. The summed E-state index contributed by atoms with van der Waals surface area (Å²) in [7, 11) is 0. The largest absolute Gasteiger partial charge is 0.488 e. The van der Waals surface area contributed by atoms with E-state index in [4.69, 9.17) is 16.3 Å². The van der Waals surface area contributed by atoms with Gasteiger partial charge in [-0.25, -0.2) is 0 Å². The normalized spacial score (nSPS) is 11.0. The van der Waals surface area contributed by atoms with Crippen LogP contribution in [-0.4, -0.2) is 12.5 Å². The maximum Gasteiger partial charge on any atom is 0.261 e. The monoisotopic (exact) mass is 508 g/mol. The molecule has 3 aromatic rings. The number of ether oxygens (including phenoxy) is 1. The van der Waals surface area contributed by atoms with Gasteiger partial charge < -0.3 is 10.1 Å². The summed E-state index contributed by atoms with van der Waals surface area (Å²) < 4.78 is 6.75. The first-order valence-corrected chi connectivity index (χ1v) is 11.3. The fourth-order valence-electron chi connectivity index (χ4n) is 3.07. The van der Waals surface area contributed by atoms with E-state index < -0.39 is 5.91 Å². The Bertz CT molecular complexity index is 1140. The molecule has 0 aliphatic rings. The third-order valence-corrected chi connectivity index (χ3v) is 5.61. The second kappa shape index (κ2) is 12.1. The number of carbonyl (C=O) groups is 1. The lowest BCUT2D eigenvalue weighted by atomic mass is 10.1. The van der Waals surface area contributed by atoms with E-state index in [0.717, 1.165) is 22.9 Å². The molecule has 0 heterocycles. The molecule has 162 valence electrons. The minimum Gasteiger partial charge on any atom is -0.488 e. The molecule has 0 radical (unpaired) electrons. The van der Waals surface area contributed by atoms with Crippen molar-refractivity contribution < 1.29 is 9.53 Å². The van der Waals surface area contributed by atoms with E-state index in [1.165, 1.54) is 5.56 Å². The van der Waals surface area contributed by atoms with E-state index in [1.807, 2.05) is 54.6 Å². The maximum absolute atomic E-state index is 12.5.